The average molecular weight is 545 g/mol. The molecular formula is C27H36N4O8. The van der Waals surface area contributed by atoms with E-state index < -0.39 is 41.4 Å². The summed E-state index contributed by atoms with van der Waals surface area (Å²) in [7, 11) is 2.75. The van der Waals surface area contributed by atoms with Gasteiger partial charge in [-0.25, -0.2) is 0 Å². The van der Waals surface area contributed by atoms with E-state index in [1.54, 1.807) is 13.8 Å². The lowest BCUT2D eigenvalue weighted by molar-refractivity contribution is -0.134. The van der Waals surface area contributed by atoms with Gasteiger partial charge in [-0.1, -0.05) is 35.0 Å². The minimum absolute atomic E-state index is 0.00157. The number of nitrogens with zero attached hydrogens (tertiary/aromatic N) is 1. The van der Waals surface area contributed by atoms with Gasteiger partial charge in [-0.15, -0.1) is 0 Å². The van der Waals surface area contributed by atoms with Crippen LogP contribution in [-0.4, -0.2) is 86.4 Å². The van der Waals surface area contributed by atoms with Crippen LogP contribution in [0.4, 0.5) is 0 Å². The number of ketones is 1. The van der Waals surface area contributed by atoms with E-state index in [9.17, 15) is 19.2 Å². The molecule has 1 aromatic heterocycles. The molecular weight excluding hydrogens is 508 g/mol. The third kappa shape index (κ3) is 8.44. The van der Waals surface area contributed by atoms with Gasteiger partial charge in [0.25, 0.3) is 5.91 Å². The van der Waals surface area contributed by atoms with Crippen molar-refractivity contribution in [2.24, 2.45) is 0 Å². The van der Waals surface area contributed by atoms with Gasteiger partial charge in [0, 0.05) is 20.3 Å². The molecule has 0 bridgehead atoms. The van der Waals surface area contributed by atoms with Crippen LogP contribution in [0.3, 0.4) is 0 Å². The molecule has 4 atom stereocenters. The second kappa shape index (κ2) is 13.5. The van der Waals surface area contributed by atoms with Gasteiger partial charge >= 0.3 is 0 Å². The summed E-state index contributed by atoms with van der Waals surface area (Å²) in [5.74, 6) is -1.73. The van der Waals surface area contributed by atoms with Crippen molar-refractivity contribution in [1.82, 2.24) is 21.1 Å². The Morgan fingerprint density at radius 1 is 0.949 bits per heavy atom. The number of nitrogens with one attached hydrogen (secondary N) is 3. The average Bonchev–Trinajstić information content (AvgIpc) is 3.51. The van der Waals surface area contributed by atoms with Crippen LogP contribution in [0.25, 0.3) is 0 Å². The summed E-state index contributed by atoms with van der Waals surface area (Å²) in [6, 6.07) is 6.24. The lowest BCUT2D eigenvalue weighted by Gasteiger charge is -2.25. The molecule has 1 aromatic carbocycles. The zero-order valence-corrected chi connectivity index (χ0v) is 22.9. The Kier molecular flexibility index (Phi) is 10.3. The molecule has 2 aromatic rings. The molecule has 1 saturated heterocycles. The summed E-state index contributed by atoms with van der Waals surface area (Å²) >= 11 is 0. The molecule has 2 heterocycles. The number of hydrogen-bond acceptors (Lipinski definition) is 9. The lowest BCUT2D eigenvalue weighted by Crippen LogP contribution is -2.58. The molecule has 0 saturated carbocycles. The van der Waals surface area contributed by atoms with Crippen LogP contribution < -0.4 is 16.0 Å². The van der Waals surface area contributed by atoms with Crippen LogP contribution in [-0.2, 0) is 35.0 Å². The van der Waals surface area contributed by atoms with Crippen molar-refractivity contribution in [2.45, 2.75) is 57.3 Å². The van der Waals surface area contributed by atoms with E-state index in [4.69, 9.17) is 18.7 Å². The highest BCUT2D eigenvalue weighted by atomic mass is 16.6. The summed E-state index contributed by atoms with van der Waals surface area (Å²) in [6.07, 6.45) is 0.900. The van der Waals surface area contributed by atoms with E-state index in [-0.39, 0.29) is 31.3 Å². The van der Waals surface area contributed by atoms with Crippen molar-refractivity contribution in [3.8, 4) is 0 Å². The third-order valence-electron chi connectivity index (χ3n) is 6.36. The first-order chi connectivity index (χ1) is 18.6. The van der Waals surface area contributed by atoms with Crippen LogP contribution in [0, 0.1) is 13.8 Å². The smallest absolute Gasteiger partial charge is 0.274 e. The van der Waals surface area contributed by atoms with Crippen LogP contribution in [0.5, 0.6) is 0 Å². The van der Waals surface area contributed by atoms with Gasteiger partial charge in [-0.05, 0) is 39.2 Å². The Labute approximate surface area is 227 Å². The number of amides is 3. The number of methoxy groups -OCH3 is 2. The van der Waals surface area contributed by atoms with E-state index in [1.807, 2.05) is 31.2 Å². The maximum absolute atomic E-state index is 13.3. The van der Waals surface area contributed by atoms with Gasteiger partial charge in [-0.2, -0.15) is 0 Å². The summed E-state index contributed by atoms with van der Waals surface area (Å²) in [6.45, 7) is 5.26. The van der Waals surface area contributed by atoms with Crippen LogP contribution in [0.1, 0.15) is 40.7 Å². The number of aromatic nitrogens is 1. The topological polar surface area (TPSA) is 161 Å². The van der Waals surface area contributed by atoms with E-state index >= 15 is 0 Å². The molecule has 3 N–H and O–H groups in total. The predicted octanol–water partition coefficient (Wildman–Crippen LogP) is 0.643. The molecule has 0 radical (unpaired) electrons. The largest absolute Gasteiger partial charge is 0.382 e. The second-order valence-corrected chi connectivity index (χ2v) is 9.79. The fourth-order valence-corrected chi connectivity index (χ4v) is 3.90. The normalized spacial score (nSPS) is 18.5. The number of carbonyl (C=O) groups is 4. The van der Waals surface area contributed by atoms with Crippen molar-refractivity contribution in [1.29, 1.82) is 0 Å². The predicted molar refractivity (Wildman–Crippen MR) is 139 cm³/mol. The number of hydrogen-bond donors (Lipinski definition) is 3. The zero-order valence-electron chi connectivity index (χ0n) is 22.9. The highest BCUT2D eigenvalue weighted by Crippen LogP contribution is 2.29. The van der Waals surface area contributed by atoms with E-state index in [0.29, 0.717) is 18.6 Å². The monoisotopic (exact) mass is 544 g/mol. The molecule has 12 nitrogen and oxygen atoms in total. The van der Waals surface area contributed by atoms with Crippen molar-refractivity contribution in [2.75, 3.05) is 34.0 Å². The first kappa shape index (κ1) is 29.9. The molecule has 3 rings (SSSR count). The molecule has 0 aliphatic carbocycles. The number of aryl methyl sites for hydroxylation is 3. The molecule has 1 aliphatic heterocycles. The molecule has 12 heteroatoms. The Balaban J connectivity index is 1.68. The SMILES string of the molecule is COC[C@H](NC(=O)c1cc(C)on1)C(=O)N[C@@H](COC)C(=O)N[C@@H](CCc1ccc(C)cc1)C(=O)[C@@]1(C)CO1. The number of rotatable bonds is 15. The molecule has 0 spiro atoms. The molecule has 39 heavy (non-hydrogen) atoms. The van der Waals surface area contributed by atoms with Gasteiger partial charge < -0.3 is 34.7 Å². The van der Waals surface area contributed by atoms with Crippen molar-refractivity contribution in [3.63, 3.8) is 0 Å². The number of epoxide rings is 1. The number of ether oxygens (including phenoxy) is 3. The van der Waals surface area contributed by atoms with Crippen LogP contribution in [0.2, 0.25) is 0 Å². The minimum Gasteiger partial charge on any atom is -0.382 e. The van der Waals surface area contributed by atoms with Crippen molar-refractivity contribution < 1.29 is 37.9 Å². The Morgan fingerprint density at radius 3 is 2.03 bits per heavy atom. The molecule has 1 fully saturated rings. The molecule has 1 aliphatic rings. The minimum atomic E-state index is -1.14. The number of Topliss-reactive ketones (excluding diaryl/α,β-unsaturated/α-hetero) is 1. The molecule has 212 valence electrons. The molecule has 3 amide bonds. The number of carbonyl (C=O) groups excluding carboxylic acids is 4. The van der Waals surface area contributed by atoms with Crippen molar-refractivity contribution >= 4 is 23.5 Å². The Hall–Kier alpha value is -3.61. The quantitative estimate of drug-likeness (QED) is 0.273. The Morgan fingerprint density at radius 2 is 1.51 bits per heavy atom. The van der Waals surface area contributed by atoms with Gasteiger partial charge in [0.2, 0.25) is 11.8 Å². The fraction of sp³-hybridized carbons (Fsp3) is 0.519. The van der Waals surface area contributed by atoms with Crippen LogP contribution in [0.15, 0.2) is 34.9 Å². The van der Waals surface area contributed by atoms with Gasteiger partial charge in [0.05, 0.1) is 25.9 Å². The standard InChI is InChI=1S/C27H36N4O8/c1-16-6-8-18(9-7-16)10-11-19(23(32)27(3)15-38-27)28-25(34)21(13-36-4)30-26(35)22(14-37-5)29-24(33)20-12-17(2)39-31-20/h6-9,12,19,21-22H,10-11,13-15H2,1-5H3,(H,28,34)(H,29,33)(H,30,35)/t19-,21-,22-,27+/m0/s1. The van der Waals surface area contributed by atoms with E-state index in [1.165, 1.54) is 20.3 Å². The highest BCUT2D eigenvalue weighted by Gasteiger charge is 2.50. The van der Waals surface area contributed by atoms with E-state index in [2.05, 4.69) is 21.1 Å². The summed E-state index contributed by atoms with van der Waals surface area (Å²) in [5.41, 5.74) is 1.20. The summed E-state index contributed by atoms with van der Waals surface area (Å²) < 4.78 is 20.5. The number of benzene rings is 1. The van der Waals surface area contributed by atoms with E-state index in [0.717, 1.165) is 11.1 Å². The van der Waals surface area contributed by atoms with Gasteiger partial charge in [0.1, 0.15) is 23.4 Å². The summed E-state index contributed by atoms with van der Waals surface area (Å²) in [4.78, 5) is 52.0. The first-order valence-corrected chi connectivity index (χ1v) is 12.6. The summed E-state index contributed by atoms with van der Waals surface area (Å²) in [5, 5.41) is 11.5. The second-order valence-electron chi connectivity index (χ2n) is 9.79. The van der Waals surface area contributed by atoms with Gasteiger partial charge in [-0.3, -0.25) is 19.2 Å². The Bertz CT molecular complexity index is 1160. The van der Waals surface area contributed by atoms with Crippen LogP contribution >= 0.6 is 0 Å². The zero-order chi connectivity index (χ0) is 28.6. The lowest BCUT2D eigenvalue weighted by atomic mass is 9.94. The van der Waals surface area contributed by atoms with Gasteiger partial charge in [0.15, 0.2) is 11.5 Å². The maximum Gasteiger partial charge on any atom is 0.274 e. The third-order valence-corrected chi connectivity index (χ3v) is 6.36. The maximum atomic E-state index is 13.3. The van der Waals surface area contributed by atoms with Crippen molar-refractivity contribution in [3.05, 3.63) is 52.9 Å². The first-order valence-electron chi connectivity index (χ1n) is 12.6. The highest BCUT2D eigenvalue weighted by molar-refractivity contribution is 5.99. The molecule has 0 unspecified atom stereocenters. The fourth-order valence-electron chi connectivity index (χ4n) is 3.90.